The monoisotopic (exact) mass is 329 g/mol. The van der Waals surface area contributed by atoms with Gasteiger partial charge < -0.3 is 14.7 Å². The molecule has 122 valence electrons. The van der Waals surface area contributed by atoms with E-state index in [0.29, 0.717) is 31.1 Å². The Hall–Kier alpha value is -1.17. The molecule has 0 unspecified atom stereocenters. The molecule has 1 aliphatic rings. The number of likely N-dealkylation sites (tertiary alicyclic amines) is 1. The highest BCUT2D eigenvalue weighted by atomic mass is 35.5. The van der Waals surface area contributed by atoms with Crippen molar-refractivity contribution in [3.8, 4) is 0 Å². The Morgan fingerprint density at radius 2 is 2.32 bits per heavy atom. The van der Waals surface area contributed by atoms with Crippen molar-refractivity contribution in [1.82, 2.24) is 4.90 Å². The van der Waals surface area contributed by atoms with Crippen molar-refractivity contribution in [3.05, 3.63) is 34.6 Å². The van der Waals surface area contributed by atoms with Crippen LogP contribution in [0, 0.1) is 11.2 Å². The molecule has 1 fully saturated rings. The molecule has 1 N–H and O–H groups in total. The Morgan fingerprint density at radius 3 is 3.00 bits per heavy atom. The number of amides is 1. The fourth-order valence-electron chi connectivity index (χ4n) is 2.94. The van der Waals surface area contributed by atoms with Crippen molar-refractivity contribution in [1.29, 1.82) is 0 Å². The SMILES string of the molecule is COCC[C@@]1(CO)CCCN(C(=O)c2cc(Cl)ccc2F)C1. The smallest absolute Gasteiger partial charge is 0.256 e. The number of piperidine rings is 1. The number of halogens is 2. The zero-order valence-electron chi connectivity index (χ0n) is 12.6. The molecule has 4 nitrogen and oxygen atoms in total. The van der Waals surface area contributed by atoms with Crippen molar-refractivity contribution in [2.45, 2.75) is 19.3 Å². The van der Waals surface area contributed by atoms with Crippen LogP contribution in [0.1, 0.15) is 29.6 Å². The summed E-state index contributed by atoms with van der Waals surface area (Å²) in [6.45, 7) is 1.46. The number of methoxy groups -OCH3 is 1. The molecule has 0 aromatic heterocycles. The third-order valence-electron chi connectivity index (χ3n) is 4.28. The Balaban J connectivity index is 2.17. The lowest BCUT2D eigenvalue weighted by Gasteiger charge is -2.42. The van der Waals surface area contributed by atoms with Crippen LogP contribution in [-0.4, -0.2) is 49.3 Å². The number of ether oxygens (including phenoxy) is 1. The van der Waals surface area contributed by atoms with Gasteiger partial charge in [-0.2, -0.15) is 0 Å². The fourth-order valence-corrected chi connectivity index (χ4v) is 3.12. The number of hydrogen-bond donors (Lipinski definition) is 1. The fraction of sp³-hybridized carbons (Fsp3) is 0.562. The van der Waals surface area contributed by atoms with E-state index in [2.05, 4.69) is 0 Å². The predicted molar refractivity (Wildman–Crippen MR) is 82.6 cm³/mol. The molecule has 1 atom stereocenters. The molecule has 1 amide bonds. The van der Waals surface area contributed by atoms with Crippen LogP contribution in [0.5, 0.6) is 0 Å². The van der Waals surface area contributed by atoms with Crippen molar-refractivity contribution in [2.75, 3.05) is 33.4 Å². The van der Waals surface area contributed by atoms with Gasteiger partial charge in [-0.05, 0) is 37.5 Å². The quantitative estimate of drug-likeness (QED) is 0.903. The van der Waals surface area contributed by atoms with Crippen molar-refractivity contribution >= 4 is 17.5 Å². The summed E-state index contributed by atoms with van der Waals surface area (Å²) in [6, 6.07) is 3.97. The van der Waals surface area contributed by atoms with Gasteiger partial charge in [0.2, 0.25) is 0 Å². The maximum absolute atomic E-state index is 13.9. The van der Waals surface area contributed by atoms with E-state index in [9.17, 15) is 14.3 Å². The Morgan fingerprint density at radius 1 is 1.55 bits per heavy atom. The number of rotatable bonds is 5. The first-order chi connectivity index (χ1) is 10.5. The van der Waals surface area contributed by atoms with Gasteiger partial charge in [-0.3, -0.25) is 4.79 Å². The van der Waals surface area contributed by atoms with E-state index in [-0.39, 0.29) is 23.5 Å². The molecule has 6 heteroatoms. The zero-order chi connectivity index (χ0) is 16.2. The maximum Gasteiger partial charge on any atom is 0.256 e. The summed E-state index contributed by atoms with van der Waals surface area (Å²) >= 11 is 5.86. The van der Waals surface area contributed by atoms with Crippen LogP contribution >= 0.6 is 11.6 Å². The lowest BCUT2D eigenvalue weighted by Crippen LogP contribution is -2.48. The van der Waals surface area contributed by atoms with E-state index in [1.54, 1.807) is 12.0 Å². The third kappa shape index (κ3) is 3.77. The number of carbonyl (C=O) groups is 1. The summed E-state index contributed by atoms with van der Waals surface area (Å²) in [7, 11) is 1.61. The van der Waals surface area contributed by atoms with Crippen LogP contribution < -0.4 is 0 Å². The molecule has 0 aliphatic carbocycles. The number of nitrogens with zero attached hydrogens (tertiary/aromatic N) is 1. The topological polar surface area (TPSA) is 49.8 Å². The highest BCUT2D eigenvalue weighted by Gasteiger charge is 2.37. The first kappa shape index (κ1) is 17.2. The van der Waals surface area contributed by atoms with Gasteiger partial charge in [-0.1, -0.05) is 11.6 Å². The number of benzene rings is 1. The number of carbonyl (C=O) groups excluding carboxylic acids is 1. The molecule has 2 rings (SSSR count). The number of aliphatic hydroxyl groups excluding tert-OH is 1. The van der Waals surface area contributed by atoms with Crippen LogP contribution in [-0.2, 0) is 4.74 Å². The second-order valence-corrected chi connectivity index (χ2v) is 6.29. The van der Waals surface area contributed by atoms with Crippen LogP contribution in [0.15, 0.2) is 18.2 Å². The standard InChI is InChI=1S/C16H21ClFNO3/c1-22-8-6-16(11-20)5-2-7-19(10-16)15(21)13-9-12(17)3-4-14(13)18/h3-4,9,20H,2,5-8,10-11H2,1H3/t16-/m0/s1. The lowest BCUT2D eigenvalue weighted by molar-refractivity contribution is 0.00880. The van der Waals surface area contributed by atoms with E-state index in [1.165, 1.54) is 18.2 Å². The maximum atomic E-state index is 13.9. The summed E-state index contributed by atoms with van der Waals surface area (Å²) in [5.41, 5.74) is -0.396. The van der Waals surface area contributed by atoms with E-state index in [4.69, 9.17) is 16.3 Å². The Labute approximate surface area is 134 Å². The highest BCUT2D eigenvalue weighted by molar-refractivity contribution is 6.31. The minimum atomic E-state index is -0.577. The molecule has 1 aromatic rings. The van der Waals surface area contributed by atoms with Crippen molar-refractivity contribution in [2.24, 2.45) is 5.41 Å². The molecule has 0 saturated carbocycles. The average molecular weight is 330 g/mol. The average Bonchev–Trinajstić information content (AvgIpc) is 2.54. The molecule has 1 heterocycles. The van der Waals surface area contributed by atoms with Gasteiger partial charge >= 0.3 is 0 Å². The normalized spacial score (nSPS) is 21.9. The zero-order valence-corrected chi connectivity index (χ0v) is 13.4. The second-order valence-electron chi connectivity index (χ2n) is 5.86. The molecule has 0 bridgehead atoms. The van der Waals surface area contributed by atoms with E-state index >= 15 is 0 Å². The van der Waals surface area contributed by atoms with E-state index in [0.717, 1.165) is 12.8 Å². The van der Waals surface area contributed by atoms with Crippen LogP contribution in [0.3, 0.4) is 0 Å². The van der Waals surface area contributed by atoms with Gasteiger partial charge in [0.1, 0.15) is 5.82 Å². The predicted octanol–water partition coefficient (Wildman–Crippen LogP) is 2.73. The Bertz CT molecular complexity index is 540. The minimum Gasteiger partial charge on any atom is -0.396 e. The molecule has 0 radical (unpaired) electrons. The molecule has 1 saturated heterocycles. The first-order valence-corrected chi connectivity index (χ1v) is 7.73. The number of aliphatic hydroxyl groups is 1. The van der Waals surface area contributed by atoms with Crippen LogP contribution in [0.2, 0.25) is 5.02 Å². The van der Waals surface area contributed by atoms with Crippen LogP contribution in [0.25, 0.3) is 0 Å². The second kappa shape index (κ2) is 7.40. The van der Waals surface area contributed by atoms with E-state index < -0.39 is 5.82 Å². The van der Waals surface area contributed by atoms with Gasteiger partial charge in [0, 0.05) is 37.2 Å². The molecule has 1 aromatic carbocycles. The largest absolute Gasteiger partial charge is 0.396 e. The molecular weight excluding hydrogens is 309 g/mol. The molecule has 0 spiro atoms. The summed E-state index contributed by atoms with van der Waals surface area (Å²) in [5.74, 6) is -0.957. The van der Waals surface area contributed by atoms with Crippen molar-refractivity contribution < 1.29 is 19.0 Å². The molecule has 22 heavy (non-hydrogen) atoms. The van der Waals surface area contributed by atoms with E-state index in [1.807, 2.05) is 0 Å². The van der Waals surface area contributed by atoms with Gasteiger partial charge in [0.25, 0.3) is 5.91 Å². The first-order valence-electron chi connectivity index (χ1n) is 7.35. The molecular formula is C16H21ClFNO3. The third-order valence-corrected chi connectivity index (χ3v) is 4.51. The van der Waals surface area contributed by atoms with Crippen molar-refractivity contribution in [3.63, 3.8) is 0 Å². The van der Waals surface area contributed by atoms with Gasteiger partial charge in [-0.15, -0.1) is 0 Å². The van der Waals surface area contributed by atoms with Gasteiger partial charge in [-0.25, -0.2) is 4.39 Å². The Kier molecular flexibility index (Phi) is 5.78. The van der Waals surface area contributed by atoms with Gasteiger partial charge in [0.05, 0.1) is 12.2 Å². The number of hydrogen-bond acceptors (Lipinski definition) is 3. The van der Waals surface area contributed by atoms with Crippen LogP contribution in [0.4, 0.5) is 4.39 Å². The highest BCUT2D eigenvalue weighted by Crippen LogP contribution is 2.34. The lowest BCUT2D eigenvalue weighted by atomic mass is 9.78. The summed E-state index contributed by atoms with van der Waals surface area (Å²) < 4.78 is 19.0. The summed E-state index contributed by atoms with van der Waals surface area (Å²) in [5, 5.41) is 10.1. The summed E-state index contributed by atoms with van der Waals surface area (Å²) in [6.07, 6.45) is 2.27. The molecule has 1 aliphatic heterocycles. The van der Waals surface area contributed by atoms with Gasteiger partial charge in [0.15, 0.2) is 0 Å². The summed E-state index contributed by atoms with van der Waals surface area (Å²) in [4.78, 5) is 14.2. The minimum absolute atomic E-state index is 0.0157.